The molecule has 3 aromatic rings. The number of halogens is 3. The van der Waals surface area contributed by atoms with Crippen LogP contribution >= 0.6 is 24.8 Å². The first-order chi connectivity index (χ1) is 19.8. The van der Waals surface area contributed by atoms with Crippen LogP contribution in [-0.4, -0.2) is 27.8 Å². The van der Waals surface area contributed by atoms with Crippen molar-refractivity contribution in [2.45, 2.75) is 96.5 Å². The van der Waals surface area contributed by atoms with Gasteiger partial charge in [0.05, 0.1) is 11.6 Å². The van der Waals surface area contributed by atoms with Crippen molar-refractivity contribution in [3.63, 3.8) is 0 Å². The average molecular weight is 637 g/mol. The Morgan fingerprint density at radius 1 is 1.00 bits per heavy atom. The Morgan fingerprint density at radius 3 is 2.26 bits per heavy atom. The number of aromatic nitrogens is 2. The highest BCUT2D eigenvalue weighted by Gasteiger charge is 2.33. The van der Waals surface area contributed by atoms with Crippen LogP contribution < -0.4 is 10.6 Å². The molecule has 0 bridgehead atoms. The minimum absolute atomic E-state index is 0. The zero-order valence-corrected chi connectivity index (χ0v) is 26.6. The standard InChI is InChI=1S/C31H37F3N4O3S.H2S/c1-19(39)36-26(14-20-10-12-21(13-11-20)18-35-29(40)41-30(2,3)4)28-38-37-27(42-28)24-15-23(22-8-6-5-7-9-22)16-25(17-24)31(32,33)34;/h10-13,15-17,22,26H,5-9,14,18H2,1-4H3,(H,35,40)(H,36,39);1H2/t26-;/m0./s1. The Bertz CT molecular complexity index is 1380. The fourth-order valence-electron chi connectivity index (χ4n) is 5.07. The van der Waals surface area contributed by atoms with Crippen LogP contribution in [0.2, 0.25) is 0 Å². The van der Waals surface area contributed by atoms with Crippen molar-refractivity contribution < 1.29 is 27.5 Å². The summed E-state index contributed by atoms with van der Waals surface area (Å²) < 4.78 is 46.7. The summed E-state index contributed by atoms with van der Waals surface area (Å²) in [6, 6.07) is 11.2. The van der Waals surface area contributed by atoms with Crippen molar-refractivity contribution >= 4 is 36.8 Å². The fraction of sp³-hybridized carbons (Fsp3) is 0.484. The minimum atomic E-state index is -4.47. The van der Waals surface area contributed by atoms with Gasteiger partial charge in [-0.3, -0.25) is 4.79 Å². The first-order valence-electron chi connectivity index (χ1n) is 14.1. The molecule has 1 aromatic heterocycles. The summed E-state index contributed by atoms with van der Waals surface area (Å²) in [7, 11) is 0. The maximum atomic E-state index is 13.8. The second-order valence-corrected chi connectivity index (χ2v) is 12.8. The van der Waals surface area contributed by atoms with E-state index in [1.807, 2.05) is 30.3 Å². The lowest BCUT2D eigenvalue weighted by molar-refractivity contribution is -0.137. The number of ether oxygens (including phenoxy) is 1. The number of hydrogen-bond donors (Lipinski definition) is 2. The number of alkyl halides is 3. The van der Waals surface area contributed by atoms with Gasteiger partial charge in [-0.1, -0.05) is 54.9 Å². The van der Waals surface area contributed by atoms with E-state index in [0.29, 0.717) is 34.1 Å². The van der Waals surface area contributed by atoms with Gasteiger partial charge in [-0.2, -0.15) is 26.7 Å². The Balaban J connectivity index is 0.00000506. The van der Waals surface area contributed by atoms with E-state index < -0.39 is 29.5 Å². The molecule has 2 N–H and O–H groups in total. The van der Waals surface area contributed by atoms with Gasteiger partial charge in [0, 0.05) is 19.0 Å². The van der Waals surface area contributed by atoms with Gasteiger partial charge < -0.3 is 15.4 Å². The van der Waals surface area contributed by atoms with Crippen LogP contribution in [0.15, 0.2) is 42.5 Å². The molecular formula is C31H39F3N4O3S2. The number of carbonyl (C=O) groups excluding carboxylic acids is 2. The Morgan fingerprint density at radius 2 is 1.65 bits per heavy atom. The molecule has 1 heterocycles. The summed E-state index contributed by atoms with van der Waals surface area (Å²) in [5.74, 6) is -0.157. The molecular weight excluding hydrogens is 597 g/mol. The molecule has 43 heavy (non-hydrogen) atoms. The molecule has 1 aliphatic carbocycles. The van der Waals surface area contributed by atoms with Gasteiger partial charge >= 0.3 is 12.3 Å². The van der Waals surface area contributed by atoms with Gasteiger partial charge in [-0.05, 0) is 80.8 Å². The van der Waals surface area contributed by atoms with Gasteiger partial charge in [-0.15, -0.1) is 10.2 Å². The molecule has 1 aliphatic rings. The highest BCUT2D eigenvalue weighted by atomic mass is 32.1. The number of nitrogens with one attached hydrogen (secondary N) is 2. The van der Waals surface area contributed by atoms with E-state index >= 15 is 0 Å². The van der Waals surface area contributed by atoms with Gasteiger partial charge in [-0.25, -0.2) is 4.79 Å². The predicted molar refractivity (Wildman–Crippen MR) is 166 cm³/mol. The second-order valence-electron chi connectivity index (χ2n) is 11.8. The minimum Gasteiger partial charge on any atom is -0.444 e. The normalized spacial score (nSPS) is 14.9. The van der Waals surface area contributed by atoms with Crippen molar-refractivity contribution in [3.05, 3.63) is 69.7 Å². The summed E-state index contributed by atoms with van der Waals surface area (Å²) in [5.41, 5.74) is 1.59. The number of alkyl carbamates (subject to hydrolysis) is 1. The number of carbonyl (C=O) groups is 2. The third-order valence-electron chi connectivity index (χ3n) is 7.02. The molecule has 0 unspecified atom stereocenters. The van der Waals surface area contributed by atoms with Crippen molar-refractivity contribution in [1.29, 1.82) is 0 Å². The summed E-state index contributed by atoms with van der Waals surface area (Å²) in [6.07, 6.45) is 0.321. The molecule has 0 spiro atoms. The molecule has 7 nitrogen and oxygen atoms in total. The number of hydrogen-bond acceptors (Lipinski definition) is 6. The monoisotopic (exact) mass is 636 g/mol. The zero-order valence-electron chi connectivity index (χ0n) is 24.8. The molecule has 0 saturated heterocycles. The van der Waals surface area contributed by atoms with Crippen molar-refractivity contribution in [1.82, 2.24) is 20.8 Å². The van der Waals surface area contributed by atoms with Crippen LogP contribution in [0.25, 0.3) is 10.6 Å². The van der Waals surface area contributed by atoms with Gasteiger partial charge in [0.1, 0.15) is 15.6 Å². The van der Waals surface area contributed by atoms with E-state index in [2.05, 4.69) is 20.8 Å². The van der Waals surface area contributed by atoms with Crippen molar-refractivity contribution in [2.75, 3.05) is 0 Å². The zero-order chi connectivity index (χ0) is 30.5. The number of rotatable bonds is 8. The average Bonchev–Trinajstić information content (AvgIpc) is 3.41. The molecule has 2 aromatic carbocycles. The summed E-state index contributed by atoms with van der Waals surface area (Å²) in [4.78, 5) is 24.0. The summed E-state index contributed by atoms with van der Waals surface area (Å²) in [5, 5.41) is 15.0. The number of benzene rings is 2. The SMILES string of the molecule is CC(=O)N[C@@H](Cc1ccc(CNC(=O)OC(C)(C)C)cc1)c1nnc(-c2cc(C3CCCCC3)cc(C(F)(F)F)c2)s1.S. The molecule has 12 heteroatoms. The predicted octanol–water partition coefficient (Wildman–Crippen LogP) is 7.83. The maximum Gasteiger partial charge on any atom is 0.416 e. The van der Waals surface area contributed by atoms with Crippen LogP contribution in [0.4, 0.5) is 18.0 Å². The molecule has 1 saturated carbocycles. The van der Waals surface area contributed by atoms with Crippen molar-refractivity contribution in [2.24, 2.45) is 0 Å². The first kappa shape index (κ1) is 34.4. The topological polar surface area (TPSA) is 93.2 Å². The summed E-state index contributed by atoms with van der Waals surface area (Å²) in [6.45, 7) is 7.08. The largest absolute Gasteiger partial charge is 0.444 e. The lowest BCUT2D eigenvalue weighted by Crippen LogP contribution is -2.32. The van der Waals surface area contributed by atoms with Crippen molar-refractivity contribution in [3.8, 4) is 10.6 Å². The van der Waals surface area contributed by atoms with Crippen LogP contribution in [0, 0.1) is 0 Å². The van der Waals surface area contributed by atoms with Gasteiger partial charge in [0.2, 0.25) is 5.91 Å². The molecule has 0 radical (unpaired) electrons. The Hall–Kier alpha value is -3.12. The third-order valence-corrected chi connectivity index (χ3v) is 8.11. The van der Waals surface area contributed by atoms with E-state index in [9.17, 15) is 22.8 Å². The lowest BCUT2D eigenvalue weighted by Gasteiger charge is -2.23. The molecule has 1 fully saturated rings. The molecule has 1 atom stereocenters. The quantitative estimate of drug-likeness (QED) is 0.263. The van der Waals surface area contributed by atoms with E-state index in [1.165, 1.54) is 24.3 Å². The Labute approximate surface area is 261 Å². The van der Waals surface area contributed by atoms with Crippen LogP contribution in [0.3, 0.4) is 0 Å². The fourth-order valence-corrected chi connectivity index (χ4v) is 5.95. The van der Waals surface area contributed by atoms with Gasteiger partial charge in [0.15, 0.2) is 0 Å². The molecule has 4 rings (SSSR count). The summed E-state index contributed by atoms with van der Waals surface area (Å²) >= 11 is 1.18. The van der Waals surface area contributed by atoms with E-state index in [0.717, 1.165) is 49.3 Å². The number of amides is 2. The van der Waals surface area contributed by atoms with Crippen LogP contribution in [0.1, 0.15) is 99.0 Å². The lowest BCUT2D eigenvalue weighted by atomic mass is 9.83. The third kappa shape index (κ3) is 10.2. The smallest absolute Gasteiger partial charge is 0.416 e. The highest BCUT2D eigenvalue weighted by Crippen LogP contribution is 2.40. The molecule has 234 valence electrons. The van der Waals surface area contributed by atoms with Crippen LogP contribution in [-0.2, 0) is 28.7 Å². The maximum absolute atomic E-state index is 13.8. The highest BCUT2D eigenvalue weighted by molar-refractivity contribution is 7.59. The Kier molecular flexibility index (Phi) is 11.6. The van der Waals surface area contributed by atoms with Gasteiger partial charge in [0.25, 0.3) is 0 Å². The van der Waals surface area contributed by atoms with E-state index in [1.54, 1.807) is 20.8 Å². The number of nitrogens with zero attached hydrogens (tertiary/aromatic N) is 2. The molecule has 2 amide bonds. The van der Waals surface area contributed by atoms with E-state index in [-0.39, 0.29) is 25.3 Å². The first-order valence-corrected chi connectivity index (χ1v) is 15.0. The molecule has 0 aliphatic heterocycles. The second kappa shape index (κ2) is 14.6. The van der Waals surface area contributed by atoms with Crippen LogP contribution in [0.5, 0.6) is 0 Å². The van der Waals surface area contributed by atoms with E-state index in [4.69, 9.17) is 4.74 Å².